The van der Waals surface area contributed by atoms with Crippen LogP contribution in [0.1, 0.15) is 16.8 Å². The number of imidazole rings is 1. The van der Waals surface area contributed by atoms with E-state index in [1.54, 1.807) is 18.5 Å². The average Bonchev–Trinajstić information content (AvgIpc) is 3.08. The second-order valence-electron chi connectivity index (χ2n) is 5.77. The SMILES string of the molecule is CNS(=O)(=O)c1cccc(C(=O)NCCCn2cnc3ccccc32)c1. The number of sulfonamides is 1. The van der Waals surface area contributed by atoms with E-state index >= 15 is 0 Å². The van der Waals surface area contributed by atoms with Crippen LogP contribution in [0.4, 0.5) is 0 Å². The molecule has 8 heteroatoms. The third-order valence-corrected chi connectivity index (χ3v) is 5.48. The number of hydrogen-bond acceptors (Lipinski definition) is 4. The Kier molecular flexibility index (Phi) is 5.34. The molecule has 1 aromatic heterocycles. The zero-order valence-electron chi connectivity index (χ0n) is 14.3. The van der Waals surface area contributed by atoms with Crippen LogP contribution in [-0.2, 0) is 16.6 Å². The molecule has 0 fully saturated rings. The second kappa shape index (κ2) is 7.67. The Morgan fingerprint density at radius 2 is 1.96 bits per heavy atom. The van der Waals surface area contributed by atoms with Crippen molar-refractivity contribution in [1.82, 2.24) is 19.6 Å². The van der Waals surface area contributed by atoms with Gasteiger partial charge in [-0.2, -0.15) is 0 Å². The maximum atomic E-state index is 12.2. The summed E-state index contributed by atoms with van der Waals surface area (Å²) in [6.45, 7) is 1.21. The number of benzene rings is 2. The van der Waals surface area contributed by atoms with Crippen LogP contribution in [0.3, 0.4) is 0 Å². The van der Waals surface area contributed by atoms with Crippen LogP contribution in [0.15, 0.2) is 59.8 Å². The van der Waals surface area contributed by atoms with Gasteiger partial charge in [0.25, 0.3) is 5.91 Å². The second-order valence-corrected chi connectivity index (χ2v) is 7.66. The van der Waals surface area contributed by atoms with Crippen LogP contribution in [0, 0.1) is 0 Å². The Bertz CT molecular complexity index is 1030. The Hall–Kier alpha value is -2.71. The minimum atomic E-state index is -3.57. The number of aryl methyl sites for hydroxylation is 1. The van der Waals surface area contributed by atoms with E-state index in [9.17, 15) is 13.2 Å². The minimum absolute atomic E-state index is 0.0672. The molecule has 0 bridgehead atoms. The monoisotopic (exact) mass is 372 g/mol. The fraction of sp³-hybridized carbons (Fsp3) is 0.222. The zero-order chi connectivity index (χ0) is 18.6. The minimum Gasteiger partial charge on any atom is -0.352 e. The lowest BCUT2D eigenvalue weighted by Gasteiger charge is -2.08. The highest BCUT2D eigenvalue weighted by Crippen LogP contribution is 2.13. The van der Waals surface area contributed by atoms with Gasteiger partial charge in [0.2, 0.25) is 10.0 Å². The van der Waals surface area contributed by atoms with Gasteiger partial charge in [0.05, 0.1) is 22.3 Å². The number of para-hydroxylation sites is 2. The molecular formula is C18H20N4O3S. The van der Waals surface area contributed by atoms with E-state index in [-0.39, 0.29) is 10.8 Å². The fourth-order valence-corrected chi connectivity index (χ4v) is 3.44. The molecule has 0 saturated carbocycles. The first-order valence-electron chi connectivity index (χ1n) is 8.23. The van der Waals surface area contributed by atoms with E-state index in [2.05, 4.69) is 15.0 Å². The maximum absolute atomic E-state index is 12.2. The van der Waals surface area contributed by atoms with Crippen molar-refractivity contribution in [3.8, 4) is 0 Å². The Balaban J connectivity index is 1.57. The van der Waals surface area contributed by atoms with Gasteiger partial charge in [-0.15, -0.1) is 0 Å². The average molecular weight is 372 g/mol. The first-order chi connectivity index (χ1) is 12.5. The standard InChI is InChI=1S/C18H20N4O3S/c1-19-26(24,25)15-7-4-6-14(12-15)18(23)20-10-5-11-22-13-21-16-8-2-3-9-17(16)22/h2-4,6-9,12-13,19H,5,10-11H2,1H3,(H,20,23). The maximum Gasteiger partial charge on any atom is 0.251 e. The first-order valence-corrected chi connectivity index (χ1v) is 9.71. The van der Waals surface area contributed by atoms with Gasteiger partial charge >= 0.3 is 0 Å². The van der Waals surface area contributed by atoms with Crippen molar-refractivity contribution in [3.05, 3.63) is 60.4 Å². The highest BCUT2D eigenvalue weighted by atomic mass is 32.2. The van der Waals surface area contributed by atoms with E-state index in [4.69, 9.17) is 0 Å². The molecule has 3 rings (SSSR count). The van der Waals surface area contributed by atoms with Gasteiger partial charge in [-0.3, -0.25) is 4.79 Å². The quantitative estimate of drug-likeness (QED) is 0.618. The molecule has 1 heterocycles. The molecule has 7 nitrogen and oxygen atoms in total. The number of fused-ring (bicyclic) bond motifs is 1. The van der Waals surface area contributed by atoms with Gasteiger partial charge in [0, 0.05) is 18.7 Å². The van der Waals surface area contributed by atoms with E-state index < -0.39 is 10.0 Å². The van der Waals surface area contributed by atoms with E-state index in [1.807, 2.05) is 28.8 Å². The van der Waals surface area contributed by atoms with Crippen LogP contribution in [0.2, 0.25) is 0 Å². The molecule has 0 spiro atoms. The lowest BCUT2D eigenvalue weighted by molar-refractivity contribution is 0.0952. The number of carbonyl (C=O) groups is 1. The van der Waals surface area contributed by atoms with Crippen molar-refractivity contribution in [3.63, 3.8) is 0 Å². The Morgan fingerprint density at radius 3 is 2.77 bits per heavy atom. The number of nitrogens with zero attached hydrogens (tertiary/aromatic N) is 2. The molecule has 2 N–H and O–H groups in total. The third-order valence-electron chi connectivity index (χ3n) is 4.06. The molecule has 1 amide bonds. The summed E-state index contributed by atoms with van der Waals surface area (Å²) in [5.74, 6) is -0.298. The van der Waals surface area contributed by atoms with Gasteiger partial charge in [-0.1, -0.05) is 18.2 Å². The number of aromatic nitrogens is 2. The molecule has 0 aliphatic heterocycles. The highest BCUT2D eigenvalue weighted by molar-refractivity contribution is 7.89. The number of amides is 1. The molecule has 2 aromatic carbocycles. The molecule has 26 heavy (non-hydrogen) atoms. The molecule has 3 aromatic rings. The van der Waals surface area contributed by atoms with Crippen LogP contribution < -0.4 is 10.0 Å². The van der Waals surface area contributed by atoms with Crippen LogP contribution >= 0.6 is 0 Å². The molecule has 0 radical (unpaired) electrons. The molecule has 0 saturated heterocycles. The van der Waals surface area contributed by atoms with Crippen molar-refractivity contribution in [2.45, 2.75) is 17.9 Å². The van der Waals surface area contributed by atoms with E-state index in [0.29, 0.717) is 12.1 Å². The van der Waals surface area contributed by atoms with Gasteiger partial charge < -0.3 is 9.88 Å². The molecule has 0 aliphatic rings. The predicted octanol–water partition coefficient (Wildman–Crippen LogP) is 1.76. The number of nitrogens with one attached hydrogen (secondary N) is 2. The van der Waals surface area contributed by atoms with Crippen molar-refractivity contribution in [2.75, 3.05) is 13.6 Å². The summed E-state index contributed by atoms with van der Waals surface area (Å²) in [4.78, 5) is 16.6. The third kappa shape index (κ3) is 3.92. The van der Waals surface area contributed by atoms with Crippen LogP contribution in [-0.4, -0.2) is 37.5 Å². The smallest absolute Gasteiger partial charge is 0.251 e. The number of carbonyl (C=O) groups excluding carboxylic acids is 1. The van der Waals surface area contributed by atoms with Crippen molar-refractivity contribution in [1.29, 1.82) is 0 Å². The summed E-state index contributed by atoms with van der Waals surface area (Å²) >= 11 is 0. The van der Waals surface area contributed by atoms with E-state index in [0.717, 1.165) is 24.0 Å². The number of hydrogen-bond donors (Lipinski definition) is 2. The predicted molar refractivity (Wildman–Crippen MR) is 99.4 cm³/mol. The highest BCUT2D eigenvalue weighted by Gasteiger charge is 2.14. The van der Waals surface area contributed by atoms with Crippen molar-refractivity contribution < 1.29 is 13.2 Å². The largest absolute Gasteiger partial charge is 0.352 e. The summed E-state index contributed by atoms with van der Waals surface area (Å²) < 4.78 is 27.9. The summed E-state index contributed by atoms with van der Waals surface area (Å²) in [7, 11) is -2.23. The summed E-state index contributed by atoms with van der Waals surface area (Å²) in [6.07, 6.45) is 2.53. The molecule has 0 unspecified atom stereocenters. The van der Waals surface area contributed by atoms with Crippen molar-refractivity contribution >= 4 is 27.0 Å². The topological polar surface area (TPSA) is 93.1 Å². The molecule has 136 valence electrons. The van der Waals surface area contributed by atoms with Crippen molar-refractivity contribution in [2.24, 2.45) is 0 Å². The number of rotatable bonds is 7. The van der Waals surface area contributed by atoms with E-state index in [1.165, 1.54) is 19.2 Å². The zero-order valence-corrected chi connectivity index (χ0v) is 15.2. The van der Waals surface area contributed by atoms with Gasteiger partial charge in [0.1, 0.15) is 0 Å². The Morgan fingerprint density at radius 1 is 1.15 bits per heavy atom. The normalized spacial score (nSPS) is 11.6. The van der Waals surface area contributed by atoms with Gasteiger partial charge in [0.15, 0.2) is 0 Å². The summed E-state index contributed by atoms with van der Waals surface area (Å²) in [6, 6.07) is 13.8. The summed E-state index contributed by atoms with van der Waals surface area (Å²) in [5, 5.41) is 2.82. The van der Waals surface area contributed by atoms with Gasteiger partial charge in [-0.25, -0.2) is 18.1 Å². The summed E-state index contributed by atoms with van der Waals surface area (Å²) in [5.41, 5.74) is 2.32. The lowest BCUT2D eigenvalue weighted by atomic mass is 10.2. The van der Waals surface area contributed by atoms with Crippen LogP contribution in [0.5, 0.6) is 0 Å². The molecule has 0 atom stereocenters. The first kappa shape index (κ1) is 18.1. The Labute approximate surface area is 152 Å². The van der Waals surface area contributed by atoms with Crippen LogP contribution in [0.25, 0.3) is 11.0 Å². The fourth-order valence-electron chi connectivity index (χ4n) is 2.66. The molecular weight excluding hydrogens is 352 g/mol. The lowest BCUT2D eigenvalue weighted by Crippen LogP contribution is -2.26. The van der Waals surface area contributed by atoms with Gasteiger partial charge in [-0.05, 0) is 43.8 Å². The molecule has 0 aliphatic carbocycles.